The first-order valence-corrected chi connectivity index (χ1v) is 8.11. The first-order valence-electron chi connectivity index (χ1n) is 7.23. The van der Waals surface area contributed by atoms with Crippen LogP contribution in [-0.4, -0.2) is 6.04 Å². The van der Waals surface area contributed by atoms with E-state index >= 15 is 0 Å². The van der Waals surface area contributed by atoms with Crippen molar-refractivity contribution >= 4 is 11.3 Å². The summed E-state index contributed by atoms with van der Waals surface area (Å²) in [5.74, 6) is 5.70. The quantitative estimate of drug-likeness (QED) is 0.601. The number of aryl methyl sites for hydroxylation is 3. The summed E-state index contributed by atoms with van der Waals surface area (Å²) in [6.07, 6.45) is 4.45. The summed E-state index contributed by atoms with van der Waals surface area (Å²) in [7, 11) is 0. The molecule has 1 aromatic carbocycles. The van der Waals surface area contributed by atoms with Gasteiger partial charge in [0.05, 0.1) is 0 Å². The van der Waals surface area contributed by atoms with Crippen LogP contribution in [0.4, 0.5) is 0 Å². The second kappa shape index (κ2) is 7.58. The molecule has 0 saturated carbocycles. The molecule has 108 valence electrons. The van der Waals surface area contributed by atoms with E-state index in [0.717, 1.165) is 19.3 Å². The lowest BCUT2D eigenvalue weighted by Gasteiger charge is -2.16. The van der Waals surface area contributed by atoms with Crippen LogP contribution in [0.25, 0.3) is 0 Å². The Kier molecular flexibility index (Phi) is 5.77. The summed E-state index contributed by atoms with van der Waals surface area (Å²) in [5.41, 5.74) is 7.04. The van der Waals surface area contributed by atoms with Crippen LogP contribution in [0.3, 0.4) is 0 Å². The van der Waals surface area contributed by atoms with Crippen molar-refractivity contribution in [2.24, 2.45) is 5.84 Å². The lowest BCUT2D eigenvalue weighted by atomic mass is 9.98. The van der Waals surface area contributed by atoms with Crippen molar-refractivity contribution in [2.75, 3.05) is 0 Å². The Bertz CT molecular complexity index is 520. The lowest BCUT2D eigenvalue weighted by Crippen LogP contribution is -2.36. The van der Waals surface area contributed by atoms with Crippen LogP contribution in [0, 0.1) is 13.8 Å². The van der Waals surface area contributed by atoms with Gasteiger partial charge in [0.2, 0.25) is 0 Å². The number of nitrogens with two attached hydrogens (primary N) is 1. The highest BCUT2D eigenvalue weighted by molar-refractivity contribution is 7.09. The van der Waals surface area contributed by atoms with Gasteiger partial charge in [-0.25, -0.2) is 0 Å². The predicted molar refractivity (Wildman–Crippen MR) is 88.0 cm³/mol. The fourth-order valence-corrected chi connectivity index (χ4v) is 3.19. The topological polar surface area (TPSA) is 38.0 Å². The molecule has 20 heavy (non-hydrogen) atoms. The third kappa shape index (κ3) is 4.44. The normalized spacial score (nSPS) is 12.6. The van der Waals surface area contributed by atoms with Gasteiger partial charge < -0.3 is 0 Å². The second-order valence-corrected chi connectivity index (χ2v) is 6.49. The first kappa shape index (κ1) is 15.2. The van der Waals surface area contributed by atoms with E-state index in [-0.39, 0.29) is 0 Å². The van der Waals surface area contributed by atoms with Crippen LogP contribution in [0.15, 0.2) is 35.7 Å². The molecule has 0 radical (unpaired) electrons. The molecular weight excluding hydrogens is 264 g/mol. The molecule has 0 spiro atoms. The fraction of sp³-hybridized carbons (Fsp3) is 0.412. The Morgan fingerprint density at radius 1 is 1.20 bits per heavy atom. The van der Waals surface area contributed by atoms with E-state index in [1.54, 1.807) is 0 Å². The Hall–Kier alpha value is -1.16. The molecule has 1 atom stereocenters. The Morgan fingerprint density at radius 2 is 2.05 bits per heavy atom. The smallest absolute Gasteiger partial charge is 0.0251 e. The number of benzene rings is 1. The monoisotopic (exact) mass is 288 g/mol. The van der Waals surface area contributed by atoms with Crippen LogP contribution in [0.1, 0.15) is 34.4 Å². The molecule has 2 nitrogen and oxygen atoms in total. The number of thiophene rings is 1. The minimum absolute atomic E-state index is 0.358. The van der Waals surface area contributed by atoms with Gasteiger partial charge in [-0.2, -0.15) is 0 Å². The molecular formula is C17H24N2S. The molecule has 2 aromatic rings. The van der Waals surface area contributed by atoms with Crippen molar-refractivity contribution < 1.29 is 0 Å². The Labute approximate surface area is 126 Å². The highest BCUT2D eigenvalue weighted by atomic mass is 32.1. The molecule has 0 amide bonds. The van der Waals surface area contributed by atoms with Gasteiger partial charge in [-0.15, -0.1) is 11.3 Å². The number of hydrogen-bond acceptors (Lipinski definition) is 3. The summed E-state index contributed by atoms with van der Waals surface area (Å²) < 4.78 is 0. The highest BCUT2D eigenvalue weighted by Gasteiger charge is 2.08. The van der Waals surface area contributed by atoms with Crippen molar-refractivity contribution in [1.82, 2.24) is 5.43 Å². The van der Waals surface area contributed by atoms with Gasteiger partial charge in [-0.05, 0) is 67.7 Å². The maximum Gasteiger partial charge on any atom is 0.0251 e. The van der Waals surface area contributed by atoms with Crippen LogP contribution >= 0.6 is 11.3 Å². The van der Waals surface area contributed by atoms with Crippen LogP contribution in [0.2, 0.25) is 0 Å². The fourth-order valence-electron chi connectivity index (χ4n) is 2.44. The predicted octanol–water partition coefficient (Wildman–Crippen LogP) is 3.76. The molecule has 0 aliphatic rings. The van der Waals surface area contributed by atoms with Gasteiger partial charge in [-0.3, -0.25) is 11.3 Å². The van der Waals surface area contributed by atoms with E-state index in [1.807, 2.05) is 11.3 Å². The molecule has 0 fully saturated rings. The maximum absolute atomic E-state index is 5.70. The van der Waals surface area contributed by atoms with E-state index in [1.165, 1.54) is 28.0 Å². The SMILES string of the molecule is Cc1ccc(CC(CCCc2cccs2)NN)cc1C. The minimum Gasteiger partial charge on any atom is -0.271 e. The first-order chi connectivity index (χ1) is 9.69. The molecule has 1 aromatic heterocycles. The molecule has 1 unspecified atom stereocenters. The Balaban J connectivity index is 1.83. The van der Waals surface area contributed by atoms with Gasteiger partial charge in [0.25, 0.3) is 0 Å². The summed E-state index contributed by atoms with van der Waals surface area (Å²) in [5, 5.41) is 2.14. The maximum atomic E-state index is 5.70. The Morgan fingerprint density at radius 3 is 2.70 bits per heavy atom. The molecule has 0 bridgehead atoms. The van der Waals surface area contributed by atoms with Crippen molar-refractivity contribution in [1.29, 1.82) is 0 Å². The van der Waals surface area contributed by atoms with Gasteiger partial charge >= 0.3 is 0 Å². The van der Waals surface area contributed by atoms with Gasteiger partial charge in [0, 0.05) is 10.9 Å². The minimum atomic E-state index is 0.358. The van der Waals surface area contributed by atoms with Crippen molar-refractivity contribution in [3.63, 3.8) is 0 Å². The average Bonchev–Trinajstić information content (AvgIpc) is 2.95. The number of nitrogens with one attached hydrogen (secondary N) is 1. The number of hydrogen-bond donors (Lipinski definition) is 2. The molecule has 2 rings (SSSR count). The van der Waals surface area contributed by atoms with Gasteiger partial charge in [0.1, 0.15) is 0 Å². The zero-order chi connectivity index (χ0) is 14.4. The van der Waals surface area contributed by atoms with Crippen LogP contribution in [-0.2, 0) is 12.8 Å². The molecule has 3 heteroatoms. The third-order valence-electron chi connectivity index (χ3n) is 3.84. The lowest BCUT2D eigenvalue weighted by molar-refractivity contribution is 0.477. The van der Waals surface area contributed by atoms with Gasteiger partial charge in [0.15, 0.2) is 0 Å². The standard InChI is InChI=1S/C17H24N2S/c1-13-8-9-15(11-14(13)2)12-16(19-18)5-3-6-17-7-4-10-20-17/h4,7-11,16,19H,3,5-6,12,18H2,1-2H3. The average molecular weight is 288 g/mol. The molecule has 3 N–H and O–H groups in total. The van der Waals surface area contributed by atoms with Crippen molar-refractivity contribution in [3.05, 3.63) is 57.3 Å². The molecule has 0 aliphatic carbocycles. The summed E-state index contributed by atoms with van der Waals surface area (Å²) in [6.45, 7) is 4.32. The van der Waals surface area contributed by atoms with E-state index in [9.17, 15) is 0 Å². The van der Waals surface area contributed by atoms with Crippen LogP contribution in [0.5, 0.6) is 0 Å². The van der Waals surface area contributed by atoms with Crippen molar-refractivity contribution in [3.8, 4) is 0 Å². The van der Waals surface area contributed by atoms with E-state index in [2.05, 4.69) is 55.0 Å². The summed E-state index contributed by atoms with van der Waals surface area (Å²) in [4.78, 5) is 1.46. The molecule has 1 heterocycles. The summed E-state index contributed by atoms with van der Waals surface area (Å²) >= 11 is 1.84. The number of hydrazine groups is 1. The van der Waals surface area contributed by atoms with E-state index in [4.69, 9.17) is 5.84 Å². The third-order valence-corrected chi connectivity index (χ3v) is 4.78. The van der Waals surface area contributed by atoms with Crippen molar-refractivity contribution in [2.45, 2.75) is 45.6 Å². The molecule has 0 saturated heterocycles. The van der Waals surface area contributed by atoms with Crippen LogP contribution < -0.4 is 11.3 Å². The summed E-state index contributed by atoms with van der Waals surface area (Å²) in [6, 6.07) is 11.4. The zero-order valence-electron chi connectivity index (χ0n) is 12.4. The van der Waals surface area contributed by atoms with E-state index in [0.29, 0.717) is 6.04 Å². The zero-order valence-corrected chi connectivity index (χ0v) is 13.2. The van der Waals surface area contributed by atoms with E-state index < -0.39 is 0 Å². The molecule has 0 aliphatic heterocycles. The largest absolute Gasteiger partial charge is 0.271 e. The van der Waals surface area contributed by atoms with Gasteiger partial charge in [-0.1, -0.05) is 24.3 Å². The second-order valence-electron chi connectivity index (χ2n) is 5.46. The number of rotatable bonds is 7. The highest BCUT2D eigenvalue weighted by Crippen LogP contribution is 2.16.